The van der Waals surface area contributed by atoms with E-state index in [0.717, 1.165) is 24.6 Å². The largest absolute Gasteiger partial charge is 0.416 e. The number of hydrogen-bond acceptors (Lipinski definition) is 1. The number of nitrogens with one attached hydrogen (secondary N) is 1. The molecular formula is C14H18F3N. The second-order valence-corrected chi connectivity index (χ2v) is 5.04. The zero-order valence-electron chi connectivity index (χ0n) is 10.6. The van der Waals surface area contributed by atoms with Crippen molar-refractivity contribution in [3.05, 3.63) is 35.4 Å². The summed E-state index contributed by atoms with van der Waals surface area (Å²) < 4.78 is 38.1. The molecule has 1 fully saturated rings. The lowest BCUT2D eigenvalue weighted by molar-refractivity contribution is -0.137. The quantitative estimate of drug-likeness (QED) is 0.859. The Morgan fingerprint density at radius 3 is 2.56 bits per heavy atom. The van der Waals surface area contributed by atoms with Crippen LogP contribution in [0.25, 0.3) is 0 Å². The van der Waals surface area contributed by atoms with Crippen LogP contribution in [0.4, 0.5) is 13.2 Å². The van der Waals surface area contributed by atoms with Gasteiger partial charge in [0.1, 0.15) is 0 Å². The van der Waals surface area contributed by atoms with E-state index >= 15 is 0 Å². The van der Waals surface area contributed by atoms with Gasteiger partial charge < -0.3 is 5.32 Å². The van der Waals surface area contributed by atoms with Crippen LogP contribution in [0.1, 0.15) is 37.4 Å². The van der Waals surface area contributed by atoms with Gasteiger partial charge in [0, 0.05) is 6.04 Å². The SMILES string of the molecule is CCNC(c1cccc(C(F)(F)F)c1)C1CC1C. The monoisotopic (exact) mass is 257 g/mol. The molecule has 0 radical (unpaired) electrons. The molecule has 3 unspecified atom stereocenters. The molecule has 0 spiro atoms. The zero-order valence-corrected chi connectivity index (χ0v) is 10.6. The van der Waals surface area contributed by atoms with E-state index in [1.54, 1.807) is 6.07 Å². The lowest BCUT2D eigenvalue weighted by atomic mass is 9.99. The molecule has 1 aliphatic rings. The predicted octanol–water partition coefficient (Wildman–Crippen LogP) is 4.01. The van der Waals surface area contributed by atoms with E-state index in [4.69, 9.17) is 0 Å². The normalized spacial score (nSPS) is 24.9. The first-order valence-corrected chi connectivity index (χ1v) is 6.34. The highest BCUT2D eigenvalue weighted by atomic mass is 19.4. The Hall–Kier alpha value is -1.03. The molecule has 0 bridgehead atoms. The minimum atomic E-state index is -4.26. The Labute approximate surface area is 105 Å². The molecule has 100 valence electrons. The molecule has 4 heteroatoms. The van der Waals surface area contributed by atoms with Gasteiger partial charge in [-0.05, 0) is 42.5 Å². The fourth-order valence-electron chi connectivity index (χ4n) is 2.46. The van der Waals surface area contributed by atoms with Crippen LogP contribution in [-0.2, 0) is 6.18 Å². The molecule has 0 saturated heterocycles. The number of halogens is 3. The summed E-state index contributed by atoms with van der Waals surface area (Å²) in [4.78, 5) is 0. The Morgan fingerprint density at radius 1 is 1.39 bits per heavy atom. The van der Waals surface area contributed by atoms with Crippen LogP contribution in [0.2, 0.25) is 0 Å². The van der Waals surface area contributed by atoms with E-state index in [-0.39, 0.29) is 6.04 Å². The van der Waals surface area contributed by atoms with Crippen molar-refractivity contribution in [2.45, 2.75) is 32.5 Å². The fraction of sp³-hybridized carbons (Fsp3) is 0.571. The second kappa shape index (κ2) is 4.92. The van der Waals surface area contributed by atoms with Crippen molar-refractivity contribution in [3.63, 3.8) is 0 Å². The van der Waals surface area contributed by atoms with Crippen molar-refractivity contribution in [1.29, 1.82) is 0 Å². The van der Waals surface area contributed by atoms with Gasteiger partial charge in [-0.15, -0.1) is 0 Å². The smallest absolute Gasteiger partial charge is 0.310 e. The van der Waals surface area contributed by atoms with E-state index < -0.39 is 11.7 Å². The van der Waals surface area contributed by atoms with Gasteiger partial charge in [0.25, 0.3) is 0 Å². The molecule has 1 saturated carbocycles. The number of alkyl halides is 3. The molecule has 2 rings (SSSR count). The highest BCUT2D eigenvalue weighted by molar-refractivity contribution is 5.29. The van der Waals surface area contributed by atoms with Crippen LogP contribution >= 0.6 is 0 Å². The van der Waals surface area contributed by atoms with Crippen LogP contribution in [0.15, 0.2) is 24.3 Å². The third kappa shape index (κ3) is 2.86. The number of benzene rings is 1. The predicted molar refractivity (Wildman–Crippen MR) is 65.1 cm³/mol. The molecular weight excluding hydrogens is 239 g/mol. The second-order valence-electron chi connectivity index (χ2n) is 5.04. The van der Waals surface area contributed by atoms with Crippen LogP contribution in [-0.4, -0.2) is 6.54 Å². The van der Waals surface area contributed by atoms with Crippen molar-refractivity contribution in [2.75, 3.05) is 6.54 Å². The van der Waals surface area contributed by atoms with Gasteiger partial charge in [0.15, 0.2) is 0 Å². The molecule has 18 heavy (non-hydrogen) atoms. The van der Waals surface area contributed by atoms with Gasteiger partial charge in [-0.2, -0.15) is 13.2 Å². The van der Waals surface area contributed by atoms with Gasteiger partial charge in [-0.1, -0.05) is 26.0 Å². The summed E-state index contributed by atoms with van der Waals surface area (Å²) in [6.07, 6.45) is -3.17. The minimum Gasteiger partial charge on any atom is -0.310 e. The summed E-state index contributed by atoms with van der Waals surface area (Å²) in [6, 6.07) is 5.73. The molecule has 0 aliphatic heterocycles. The van der Waals surface area contributed by atoms with Crippen molar-refractivity contribution >= 4 is 0 Å². The van der Waals surface area contributed by atoms with Gasteiger partial charge >= 0.3 is 6.18 Å². The van der Waals surface area contributed by atoms with Gasteiger partial charge in [0.2, 0.25) is 0 Å². The Morgan fingerprint density at radius 2 is 2.06 bits per heavy atom. The summed E-state index contributed by atoms with van der Waals surface area (Å²) in [5, 5.41) is 3.30. The molecule has 1 nitrogen and oxygen atoms in total. The maximum Gasteiger partial charge on any atom is 0.416 e. The lowest BCUT2D eigenvalue weighted by Gasteiger charge is -2.19. The average molecular weight is 257 g/mol. The fourth-order valence-corrected chi connectivity index (χ4v) is 2.46. The van der Waals surface area contributed by atoms with E-state index in [1.807, 2.05) is 6.92 Å². The summed E-state index contributed by atoms with van der Waals surface area (Å²) in [5.41, 5.74) is 0.192. The maximum atomic E-state index is 12.7. The number of rotatable bonds is 4. The molecule has 1 N–H and O–H groups in total. The highest BCUT2D eigenvalue weighted by Crippen LogP contribution is 2.47. The lowest BCUT2D eigenvalue weighted by Crippen LogP contribution is -2.23. The van der Waals surface area contributed by atoms with E-state index in [1.165, 1.54) is 12.1 Å². The topological polar surface area (TPSA) is 12.0 Å². The molecule has 1 aromatic rings. The van der Waals surface area contributed by atoms with E-state index in [9.17, 15) is 13.2 Å². The van der Waals surface area contributed by atoms with Crippen molar-refractivity contribution in [3.8, 4) is 0 Å². The molecule has 0 aromatic heterocycles. The average Bonchev–Trinajstić information content (AvgIpc) is 3.02. The number of hydrogen-bond donors (Lipinski definition) is 1. The molecule has 0 amide bonds. The zero-order chi connectivity index (χ0) is 13.3. The Bertz CT molecular complexity index is 414. The van der Waals surface area contributed by atoms with Gasteiger partial charge in [0.05, 0.1) is 5.56 Å². The van der Waals surface area contributed by atoms with Crippen LogP contribution < -0.4 is 5.32 Å². The molecule has 3 atom stereocenters. The summed E-state index contributed by atoms with van der Waals surface area (Å²) >= 11 is 0. The standard InChI is InChI=1S/C14H18F3N/c1-3-18-13(12-7-9(12)2)10-5-4-6-11(8-10)14(15,16)17/h4-6,8-9,12-13,18H,3,7H2,1-2H3. The summed E-state index contributed by atoms with van der Waals surface area (Å²) in [5.74, 6) is 1.07. The van der Waals surface area contributed by atoms with E-state index in [2.05, 4.69) is 12.2 Å². The first-order valence-electron chi connectivity index (χ1n) is 6.34. The van der Waals surface area contributed by atoms with Gasteiger partial charge in [-0.3, -0.25) is 0 Å². The maximum absolute atomic E-state index is 12.7. The third-order valence-electron chi connectivity index (χ3n) is 3.60. The van der Waals surface area contributed by atoms with Crippen LogP contribution in [0, 0.1) is 11.8 Å². The summed E-state index contributed by atoms with van der Waals surface area (Å²) in [7, 11) is 0. The molecule has 1 aromatic carbocycles. The molecule has 0 heterocycles. The van der Waals surface area contributed by atoms with Gasteiger partial charge in [-0.25, -0.2) is 0 Å². The van der Waals surface area contributed by atoms with E-state index in [0.29, 0.717) is 11.8 Å². The van der Waals surface area contributed by atoms with Crippen LogP contribution in [0.5, 0.6) is 0 Å². The Balaban J connectivity index is 2.25. The Kier molecular flexibility index (Phi) is 3.66. The van der Waals surface area contributed by atoms with Crippen molar-refractivity contribution in [1.82, 2.24) is 5.32 Å². The highest BCUT2D eigenvalue weighted by Gasteiger charge is 2.40. The van der Waals surface area contributed by atoms with Crippen molar-refractivity contribution in [2.24, 2.45) is 11.8 Å². The summed E-state index contributed by atoms with van der Waals surface area (Å²) in [6.45, 7) is 4.89. The minimum absolute atomic E-state index is 0.0484. The van der Waals surface area contributed by atoms with Crippen LogP contribution in [0.3, 0.4) is 0 Å². The van der Waals surface area contributed by atoms with Crippen molar-refractivity contribution < 1.29 is 13.2 Å². The first kappa shape index (κ1) is 13.4. The molecule has 1 aliphatic carbocycles. The third-order valence-corrected chi connectivity index (χ3v) is 3.60. The first-order chi connectivity index (χ1) is 8.43.